The van der Waals surface area contributed by atoms with Crippen molar-refractivity contribution in [3.8, 4) is 0 Å². The van der Waals surface area contributed by atoms with Crippen molar-refractivity contribution in [2.45, 2.75) is 20.8 Å². The summed E-state index contributed by atoms with van der Waals surface area (Å²) in [7, 11) is 0. The van der Waals surface area contributed by atoms with Gasteiger partial charge in [-0.3, -0.25) is 0 Å². The van der Waals surface area contributed by atoms with E-state index in [1.807, 2.05) is 30.3 Å². The second kappa shape index (κ2) is 6.95. The quantitative estimate of drug-likeness (QED) is 0.635. The standard InChI is InChI=1S/C8H11.C5H5.Zr/c1-6-4-5-7(2)8(6)3;1-2-4-5-3-1;/h4-5H,1-3H3;1-5H;/q2*-1;+2. The molecule has 72 valence electrons. The Labute approximate surface area is 106 Å². The third-order valence-corrected chi connectivity index (χ3v) is 2.32. The Balaban J connectivity index is 0.000000246. The molecular formula is C13H16Zr. The van der Waals surface area contributed by atoms with E-state index in [9.17, 15) is 0 Å². The molecule has 0 aliphatic carbocycles. The molecule has 0 aliphatic rings. The fourth-order valence-electron chi connectivity index (χ4n) is 1.13. The Morgan fingerprint density at radius 3 is 1.86 bits per heavy atom. The molecule has 0 radical (unpaired) electrons. The van der Waals surface area contributed by atoms with Crippen LogP contribution in [0.25, 0.3) is 0 Å². The molecule has 0 aliphatic heterocycles. The van der Waals surface area contributed by atoms with Crippen molar-refractivity contribution in [2.24, 2.45) is 0 Å². The van der Waals surface area contributed by atoms with Gasteiger partial charge in [0.05, 0.1) is 0 Å². The minimum absolute atomic E-state index is 0. The summed E-state index contributed by atoms with van der Waals surface area (Å²) in [5.74, 6) is 0. The molecular weight excluding hydrogens is 247 g/mol. The van der Waals surface area contributed by atoms with Gasteiger partial charge in [0, 0.05) is 0 Å². The molecule has 0 spiro atoms. The minimum Gasteiger partial charge on any atom is -0.214 e. The SMILES string of the molecule is Cc1cc[c-](C)c1C.[Zr+2].c1cc[cH-]c1. The van der Waals surface area contributed by atoms with Gasteiger partial charge in [-0.05, 0) is 0 Å². The molecule has 0 heterocycles. The Hall–Kier alpha value is -0.417. The summed E-state index contributed by atoms with van der Waals surface area (Å²) in [6.07, 6.45) is 0. The molecule has 0 saturated carbocycles. The third kappa shape index (κ3) is 4.20. The molecule has 2 aromatic rings. The van der Waals surface area contributed by atoms with E-state index in [4.69, 9.17) is 0 Å². The van der Waals surface area contributed by atoms with Gasteiger partial charge in [0.2, 0.25) is 0 Å². The average Bonchev–Trinajstić information content (AvgIpc) is 2.75. The van der Waals surface area contributed by atoms with E-state index in [1.165, 1.54) is 16.7 Å². The summed E-state index contributed by atoms with van der Waals surface area (Å²) in [6.45, 7) is 6.44. The largest absolute Gasteiger partial charge is 2.00 e. The molecule has 2 rings (SSSR count). The Morgan fingerprint density at radius 2 is 1.71 bits per heavy atom. The van der Waals surface area contributed by atoms with Gasteiger partial charge in [-0.15, -0.1) is 0 Å². The summed E-state index contributed by atoms with van der Waals surface area (Å²) in [5.41, 5.74) is 4.25. The molecule has 0 fully saturated rings. The summed E-state index contributed by atoms with van der Waals surface area (Å²) >= 11 is 0. The van der Waals surface area contributed by atoms with Crippen LogP contribution in [-0.2, 0) is 26.2 Å². The zero-order valence-electron chi connectivity index (χ0n) is 9.04. The Bertz CT molecular complexity index is 291. The Morgan fingerprint density at radius 1 is 1.14 bits per heavy atom. The monoisotopic (exact) mass is 262 g/mol. The maximum atomic E-state index is 2.16. The van der Waals surface area contributed by atoms with Crippen LogP contribution >= 0.6 is 0 Å². The van der Waals surface area contributed by atoms with Crippen molar-refractivity contribution >= 4 is 0 Å². The molecule has 0 aromatic heterocycles. The first-order valence-electron chi connectivity index (χ1n) is 4.58. The summed E-state index contributed by atoms with van der Waals surface area (Å²) < 4.78 is 0. The van der Waals surface area contributed by atoms with Crippen LogP contribution in [0.2, 0.25) is 0 Å². The van der Waals surface area contributed by atoms with Crippen molar-refractivity contribution in [2.75, 3.05) is 0 Å². The van der Waals surface area contributed by atoms with E-state index in [-0.39, 0.29) is 26.2 Å². The van der Waals surface area contributed by atoms with Crippen molar-refractivity contribution in [1.82, 2.24) is 0 Å². The van der Waals surface area contributed by atoms with E-state index in [0.717, 1.165) is 0 Å². The van der Waals surface area contributed by atoms with Crippen LogP contribution in [0, 0.1) is 20.8 Å². The maximum Gasteiger partial charge on any atom is 2.00 e. The molecule has 0 atom stereocenters. The smallest absolute Gasteiger partial charge is 0.214 e. The van der Waals surface area contributed by atoms with Crippen LogP contribution in [0.4, 0.5) is 0 Å². The fraction of sp³-hybridized carbons (Fsp3) is 0.231. The van der Waals surface area contributed by atoms with E-state index in [2.05, 4.69) is 32.9 Å². The average molecular weight is 263 g/mol. The first-order valence-corrected chi connectivity index (χ1v) is 4.58. The number of rotatable bonds is 0. The van der Waals surface area contributed by atoms with Crippen LogP contribution in [0.15, 0.2) is 42.5 Å². The van der Waals surface area contributed by atoms with Crippen molar-refractivity contribution in [3.05, 3.63) is 59.2 Å². The molecule has 0 unspecified atom stereocenters. The zero-order chi connectivity index (χ0) is 9.68. The molecule has 2 aromatic carbocycles. The van der Waals surface area contributed by atoms with Gasteiger partial charge in [-0.25, -0.2) is 18.2 Å². The van der Waals surface area contributed by atoms with Gasteiger partial charge in [0.25, 0.3) is 0 Å². The first-order chi connectivity index (χ1) is 6.22. The number of hydrogen-bond donors (Lipinski definition) is 0. The van der Waals surface area contributed by atoms with E-state index >= 15 is 0 Å². The van der Waals surface area contributed by atoms with Gasteiger partial charge in [-0.1, -0.05) is 20.8 Å². The van der Waals surface area contributed by atoms with Gasteiger partial charge in [-0.2, -0.15) is 41.0 Å². The maximum absolute atomic E-state index is 2.16. The fourth-order valence-corrected chi connectivity index (χ4v) is 1.13. The summed E-state index contributed by atoms with van der Waals surface area (Å²) in [4.78, 5) is 0. The predicted molar refractivity (Wildman–Crippen MR) is 58.3 cm³/mol. The van der Waals surface area contributed by atoms with Crippen LogP contribution in [-0.4, -0.2) is 0 Å². The van der Waals surface area contributed by atoms with E-state index < -0.39 is 0 Å². The van der Waals surface area contributed by atoms with Gasteiger partial charge >= 0.3 is 26.2 Å². The molecule has 0 bridgehead atoms. The normalized spacial score (nSPS) is 8.50. The second-order valence-electron chi connectivity index (χ2n) is 3.29. The van der Waals surface area contributed by atoms with Gasteiger partial charge < -0.3 is 0 Å². The number of hydrogen-bond acceptors (Lipinski definition) is 0. The van der Waals surface area contributed by atoms with Crippen LogP contribution in [0.1, 0.15) is 16.7 Å². The van der Waals surface area contributed by atoms with Gasteiger partial charge in [0.1, 0.15) is 0 Å². The molecule has 0 N–H and O–H groups in total. The zero-order valence-corrected chi connectivity index (χ0v) is 11.5. The van der Waals surface area contributed by atoms with E-state index in [0.29, 0.717) is 0 Å². The van der Waals surface area contributed by atoms with Crippen LogP contribution in [0.5, 0.6) is 0 Å². The summed E-state index contributed by atoms with van der Waals surface area (Å²) in [6, 6.07) is 14.3. The van der Waals surface area contributed by atoms with Crippen molar-refractivity contribution in [3.63, 3.8) is 0 Å². The molecule has 0 saturated heterocycles. The predicted octanol–water partition coefficient (Wildman–Crippen LogP) is 3.73. The molecule has 1 heteroatoms. The molecule has 14 heavy (non-hydrogen) atoms. The Kier molecular flexibility index (Phi) is 6.75. The van der Waals surface area contributed by atoms with Crippen molar-refractivity contribution < 1.29 is 26.2 Å². The minimum atomic E-state index is 0. The van der Waals surface area contributed by atoms with Crippen LogP contribution in [0.3, 0.4) is 0 Å². The number of aryl methyl sites for hydroxylation is 2. The van der Waals surface area contributed by atoms with E-state index in [1.54, 1.807) is 0 Å². The van der Waals surface area contributed by atoms with Crippen LogP contribution < -0.4 is 0 Å². The second-order valence-corrected chi connectivity index (χ2v) is 3.29. The first kappa shape index (κ1) is 13.6. The molecule has 0 amide bonds. The third-order valence-electron chi connectivity index (χ3n) is 2.32. The topological polar surface area (TPSA) is 0 Å². The van der Waals surface area contributed by atoms with Crippen molar-refractivity contribution in [1.29, 1.82) is 0 Å². The summed E-state index contributed by atoms with van der Waals surface area (Å²) in [5, 5.41) is 0. The molecule has 0 nitrogen and oxygen atoms in total. The van der Waals surface area contributed by atoms with Gasteiger partial charge in [0.15, 0.2) is 0 Å².